The van der Waals surface area contributed by atoms with Crippen LogP contribution < -0.4 is 0 Å². The largest absolute Gasteiger partial charge is 0.428 e. The summed E-state index contributed by atoms with van der Waals surface area (Å²) >= 11 is 5.08. The second-order valence-corrected chi connectivity index (χ2v) is 5.65. The molecule has 11 heavy (non-hydrogen) atoms. The predicted octanol–water partition coefficient (Wildman–Crippen LogP) is 1.29. The van der Waals surface area contributed by atoms with Crippen LogP contribution in [-0.4, -0.2) is 18.8 Å². The van der Waals surface area contributed by atoms with Gasteiger partial charge in [0.15, 0.2) is 0 Å². The van der Waals surface area contributed by atoms with Crippen LogP contribution in [0.25, 0.3) is 0 Å². The maximum atomic E-state index is 5.21. The lowest BCUT2D eigenvalue weighted by molar-refractivity contribution is 0.394. The van der Waals surface area contributed by atoms with Gasteiger partial charge in [0.25, 0.3) is 0 Å². The highest BCUT2D eigenvalue weighted by Crippen LogP contribution is 2.56. The maximum Gasteiger partial charge on any atom is 0.367 e. The van der Waals surface area contributed by atoms with Crippen LogP contribution in [0.15, 0.2) is 12.0 Å². The third-order valence-corrected chi connectivity index (χ3v) is 4.38. The SMILES string of the molecule is C#CC1=COP(=S)(N(C)C)O1. The molecule has 0 aromatic heterocycles. The molecule has 5 heteroatoms. The summed E-state index contributed by atoms with van der Waals surface area (Å²) in [5.41, 5.74) is 0. The Hall–Kier alpha value is -0.490. The molecule has 1 aliphatic rings. The number of allylic oxidation sites excluding steroid dienone is 1. The van der Waals surface area contributed by atoms with E-state index in [9.17, 15) is 0 Å². The van der Waals surface area contributed by atoms with Crippen molar-refractivity contribution in [3.63, 3.8) is 0 Å². The topological polar surface area (TPSA) is 21.7 Å². The molecule has 0 aliphatic carbocycles. The maximum absolute atomic E-state index is 5.21. The summed E-state index contributed by atoms with van der Waals surface area (Å²) in [6.45, 7) is -2.28. The van der Waals surface area contributed by atoms with Gasteiger partial charge in [0, 0.05) is 11.8 Å². The van der Waals surface area contributed by atoms with Crippen LogP contribution in [0.1, 0.15) is 0 Å². The monoisotopic (exact) mass is 189 g/mol. The summed E-state index contributed by atoms with van der Waals surface area (Å²) in [4.78, 5) is 0. The van der Waals surface area contributed by atoms with Gasteiger partial charge in [-0.1, -0.05) is 0 Å². The van der Waals surface area contributed by atoms with Crippen molar-refractivity contribution in [1.82, 2.24) is 4.67 Å². The molecule has 1 heterocycles. The Kier molecular flexibility index (Phi) is 2.24. The highest BCUT2D eigenvalue weighted by Gasteiger charge is 2.29. The zero-order valence-electron chi connectivity index (χ0n) is 6.27. The molecule has 0 fully saturated rings. The van der Waals surface area contributed by atoms with Crippen molar-refractivity contribution in [2.75, 3.05) is 14.1 Å². The lowest BCUT2D eigenvalue weighted by Gasteiger charge is -2.20. The van der Waals surface area contributed by atoms with E-state index in [1.54, 1.807) is 18.8 Å². The van der Waals surface area contributed by atoms with Crippen LogP contribution in [0.2, 0.25) is 0 Å². The Morgan fingerprint density at radius 3 is 2.64 bits per heavy atom. The Morgan fingerprint density at radius 2 is 2.36 bits per heavy atom. The minimum Gasteiger partial charge on any atom is -0.428 e. The summed E-state index contributed by atoms with van der Waals surface area (Å²) in [5, 5.41) is 0. The molecule has 0 aromatic carbocycles. The zero-order valence-corrected chi connectivity index (χ0v) is 7.98. The van der Waals surface area contributed by atoms with Crippen LogP contribution in [0, 0.1) is 12.3 Å². The van der Waals surface area contributed by atoms with Gasteiger partial charge in [0.05, 0.1) is 0 Å². The van der Waals surface area contributed by atoms with Crippen molar-refractivity contribution < 1.29 is 9.05 Å². The molecule has 0 amide bonds. The van der Waals surface area contributed by atoms with Gasteiger partial charge in [-0.3, -0.25) is 0 Å². The molecule has 3 nitrogen and oxygen atoms in total. The number of terminal acetylenes is 1. The van der Waals surface area contributed by atoms with E-state index in [1.165, 1.54) is 6.26 Å². The second-order valence-electron chi connectivity index (χ2n) is 2.14. The van der Waals surface area contributed by atoms with E-state index in [0.717, 1.165) is 0 Å². The molecule has 0 N–H and O–H groups in total. The Balaban J connectivity index is 2.75. The summed E-state index contributed by atoms with van der Waals surface area (Å²) in [6, 6.07) is 0. The number of nitrogens with zero attached hydrogens (tertiary/aromatic N) is 1. The molecule has 0 saturated carbocycles. The van der Waals surface area contributed by atoms with Gasteiger partial charge in [-0.05, 0) is 20.0 Å². The first-order valence-electron chi connectivity index (χ1n) is 2.91. The Morgan fingerprint density at radius 1 is 1.73 bits per heavy atom. The fraction of sp³-hybridized carbons (Fsp3) is 0.333. The molecule has 60 valence electrons. The van der Waals surface area contributed by atoms with Gasteiger partial charge in [0.2, 0.25) is 5.76 Å². The summed E-state index contributed by atoms with van der Waals surface area (Å²) < 4.78 is 12.1. The third kappa shape index (κ3) is 1.57. The Bertz CT molecular complexity index is 279. The predicted molar refractivity (Wildman–Crippen MR) is 47.1 cm³/mol. The van der Waals surface area contributed by atoms with E-state index < -0.39 is 6.64 Å². The molecule has 0 radical (unpaired) electrons. The normalized spacial score (nSPS) is 28.7. The standard InChI is InChI=1S/C6H8NO2PS/c1-4-6-5-8-10(11,9-6)7(2)3/h1,5H,2-3H3. The van der Waals surface area contributed by atoms with Crippen LogP contribution >= 0.6 is 6.64 Å². The van der Waals surface area contributed by atoms with Crippen LogP contribution in [0.3, 0.4) is 0 Å². The minimum atomic E-state index is -2.28. The van der Waals surface area contributed by atoms with Gasteiger partial charge in [0.1, 0.15) is 6.26 Å². The Labute approximate surface area is 71.2 Å². The van der Waals surface area contributed by atoms with Gasteiger partial charge < -0.3 is 9.05 Å². The van der Waals surface area contributed by atoms with E-state index in [0.29, 0.717) is 5.76 Å². The molecular weight excluding hydrogens is 181 g/mol. The van der Waals surface area contributed by atoms with Crippen molar-refractivity contribution in [3.8, 4) is 12.3 Å². The highest BCUT2D eigenvalue weighted by atomic mass is 32.5. The van der Waals surface area contributed by atoms with E-state index in [2.05, 4.69) is 5.92 Å². The van der Waals surface area contributed by atoms with E-state index >= 15 is 0 Å². The third-order valence-electron chi connectivity index (χ3n) is 1.14. The molecule has 0 aromatic rings. The van der Waals surface area contributed by atoms with Crippen molar-refractivity contribution in [1.29, 1.82) is 0 Å². The number of rotatable bonds is 1. The molecular formula is C6H8NO2PS. The van der Waals surface area contributed by atoms with E-state index in [-0.39, 0.29) is 0 Å². The minimum absolute atomic E-state index is 0.377. The molecule has 1 unspecified atom stereocenters. The summed E-state index contributed by atoms with van der Waals surface area (Å²) in [6.07, 6.45) is 6.47. The van der Waals surface area contributed by atoms with Gasteiger partial charge in [-0.15, -0.1) is 6.42 Å². The van der Waals surface area contributed by atoms with Gasteiger partial charge in [-0.2, -0.15) is 0 Å². The lowest BCUT2D eigenvalue weighted by atomic mass is 10.6. The van der Waals surface area contributed by atoms with Crippen LogP contribution in [-0.2, 0) is 20.9 Å². The fourth-order valence-corrected chi connectivity index (χ4v) is 1.86. The number of hydrogen-bond donors (Lipinski definition) is 0. The lowest BCUT2D eigenvalue weighted by Crippen LogP contribution is -2.07. The molecule has 1 atom stereocenters. The van der Waals surface area contributed by atoms with E-state index in [4.69, 9.17) is 27.3 Å². The molecule has 1 aliphatic heterocycles. The van der Waals surface area contributed by atoms with Crippen molar-refractivity contribution in [2.45, 2.75) is 0 Å². The molecule has 0 bridgehead atoms. The average molecular weight is 189 g/mol. The fourth-order valence-electron chi connectivity index (χ4n) is 0.518. The molecule has 1 rings (SSSR count). The van der Waals surface area contributed by atoms with Gasteiger partial charge >= 0.3 is 6.64 Å². The van der Waals surface area contributed by atoms with Crippen molar-refractivity contribution >= 4 is 18.4 Å². The molecule has 0 saturated heterocycles. The first-order chi connectivity index (χ1) is 5.08. The molecule has 0 spiro atoms. The van der Waals surface area contributed by atoms with Crippen LogP contribution in [0.4, 0.5) is 0 Å². The van der Waals surface area contributed by atoms with Gasteiger partial charge in [-0.25, -0.2) is 4.67 Å². The first-order valence-corrected chi connectivity index (χ1v) is 5.50. The highest BCUT2D eigenvalue weighted by molar-refractivity contribution is 8.08. The smallest absolute Gasteiger partial charge is 0.367 e. The van der Waals surface area contributed by atoms with E-state index in [1.807, 2.05) is 0 Å². The summed E-state index contributed by atoms with van der Waals surface area (Å²) in [7, 11) is 3.60. The average Bonchev–Trinajstić information content (AvgIpc) is 2.33. The quantitative estimate of drug-likeness (QED) is 0.457. The summed E-state index contributed by atoms with van der Waals surface area (Å²) in [5.74, 6) is 2.70. The van der Waals surface area contributed by atoms with Crippen molar-refractivity contribution in [3.05, 3.63) is 12.0 Å². The van der Waals surface area contributed by atoms with Crippen molar-refractivity contribution in [2.24, 2.45) is 0 Å². The zero-order chi connectivity index (χ0) is 8.48. The second kappa shape index (κ2) is 2.86. The number of hydrogen-bond acceptors (Lipinski definition) is 3. The van der Waals surface area contributed by atoms with Crippen LogP contribution in [0.5, 0.6) is 0 Å². The first kappa shape index (κ1) is 8.61.